The summed E-state index contributed by atoms with van der Waals surface area (Å²) in [5.41, 5.74) is 1.93. The fourth-order valence-corrected chi connectivity index (χ4v) is 3.10. The molecule has 0 radical (unpaired) electrons. The minimum absolute atomic E-state index is 0.103. The number of methoxy groups -OCH3 is 1. The van der Waals surface area contributed by atoms with Crippen LogP contribution >= 0.6 is 0 Å². The van der Waals surface area contributed by atoms with Gasteiger partial charge in [-0.3, -0.25) is 4.79 Å². The Morgan fingerprint density at radius 3 is 2.69 bits per heavy atom. The molecule has 0 fully saturated rings. The molecule has 1 aromatic heterocycles. The van der Waals surface area contributed by atoms with Gasteiger partial charge in [-0.25, -0.2) is 9.37 Å². The normalized spacial score (nSPS) is 13.3. The van der Waals surface area contributed by atoms with E-state index in [4.69, 9.17) is 9.47 Å². The first-order valence-electron chi connectivity index (χ1n) is 9.17. The van der Waals surface area contributed by atoms with Crippen LogP contribution in [0.4, 0.5) is 15.9 Å². The lowest BCUT2D eigenvalue weighted by atomic mass is 10.2. The van der Waals surface area contributed by atoms with Crippen molar-refractivity contribution in [1.82, 2.24) is 9.88 Å². The topological polar surface area (TPSA) is 63.7 Å². The average molecular weight is 393 g/mol. The van der Waals surface area contributed by atoms with Gasteiger partial charge < -0.3 is 19.7 Å². The molecule has 1 aliphatic heterocycles. The quantitative estimate of drug-likeness (QED) is 0.712. The van der Waals surface area contributed by atoms with Gasteiger partial charge in [-0.15, -0.1) is 0 Å². The van der Waals surface area contributed by atoms with Gasteiger partial charge in [-0.05, 0) is 42.5 Å². The number of fused-ring (bicyclic) bond motifs is 1. The molecule has 0 bridgehead atoms. The molecule has 148 valence electrons. The van der Waals surface area contributed by atoms with Gasteiger partial charge in [0, 0.05) is 17.8 Å². The van der Waals surface area contributed by atoms with E-state index in [1.54, 1.807) is 42.3 Å². The van der Waals surface area contributed by atoms with Gasteiger partial charge in [-0.2, -0.15) is 0 Å². The number of hydrogen-bond donors (Lipinski definition) is 1. The fourth-order valence-electron chi connectivity index (χ4n) is 3.10. The Morgan fingerprint density at radius 1 is 1.14 bits per heavy atom. The lowest BCUT2D eigenvalue weighted by Crippen LogP contribution is -2.32. The van der Waals surface area contributed by atoms with Gasteiger partial charge in [0.15, 0.2) is 6.61 Å². The predicted octanol–water partition coefficient (Wildman–Crippen LogP) is 3.89. The summed E-state index contributed by atoms with van der Waals surface area (Å²) in [7, 11) is 1.62. The molecular formula is C22H20FN3O3. The molecule has 1 aliphatic rings. The van der Waals surface area contributed by atoms with E-state index in [1.165, 1.54) is 6.07 Å². The van der Waals surface area contributed by atoms with Gasteiger partial charge in [0.1, 0.15) is 28.8 Å². The summed E-state index contributed by atoms with van der Waals surface area (Å²) in [5.74, 6) is 1.39. The maximum absolute atomic E-state index is 14.0. The molecule has 0 atom stereocenters. The van der Waals surface area contributed by atoms with Crippen molar-refractivity contribution >= 4 is 17.4 Å². The van der Waals surface area contributed by atoms with E-state index in [0.29, 0.717) is 22.8 Å². The second kappa shape index (κ2) is 8.18. The van der Waals surface area contributed by atoms with Crippen LogP contribution in [0.5, 0.6) is 11.5 Å². The Balaban J connectivity index is 1.55. The monoisotopic (exact) mass is 393 g/mol. The highest BCUT2D eigenvalue weighted by atomic mass is 19.1. The summed E-state index contributed by atoms with van der Waals surface area (Å²) < 4.78 is 24.8. The number of nitrogens with one attached hydrogen (secondary N) is 1. The summed E-state index contributed by atoms with van der Waals surface area (Å²) in [6.07, 6.45) is 0. The molecule has 0 spiro atoms. The zero-order valence-corrected chi connectivity index (χ0v) is 15.9. The number of rotatable bonds is 5. The van der Waals surface area contributed by atoms with Crippen LogP contribution in [0.25, 0.3) is 0 Å². The first kappa shape index (κ1) is 18.7. The molecule has 0 aliphatic carbocycles. The first-order chi connectivity index (χ1) is 14.1. The van der Waals surface area contributed by atoms with Crippen molar-refractivity contribution in [1.29, 1.82) is 0 Å². The van der Waals surface area contributed by atoms with Crippen molar-refractivity contribution in [2.24, 2.45) is 0 Å². The molecule has 0 saturated heterocycles. The summed E-state index contributed by atoms with van der Waals surface area (Å²) in [6.45, 7) is 0.293. The highest BCUT2D eigenvalue weighted by Gasteiger charge is 2.23. The number of ether oxygens (including phenoxy) is 2. The number of carbonyl (C=O) groups is 1. The van der Waals surface area contributed by atoms with Gasteiger partial charge in [-0.1, -0.05) is 18.2 Å². The molecule has 4 rings (SSSR count). The van der Waals surface area contributed by atoms with E-state index in [1.807, 2.05) is 24.3 Å². The Kier molecular flexibility index (Phi) is 5.29. The van der Waals surface area contributed by atoms with Crippen LogP contribution in [0.3, 0.4) is 0 Å². The number of halogens is 1. The van der Waals surface area contributed by atoms with Crippen molar-refractivity contribution in [2.75, 3.05) is 19.0 Å². The third-order valence-corrected chi connectivity index (χ3v) is 4.66. The smallest absolute Gasteiger partial charge is 0.261 e. The molecule has 1 N–H and O–H groups in total. The Labute approximate surface area is 167 Å². The third kappa shape index (κ3) is 4.29. The molecule has 2 aromatic carbocycles. The SMILES string of the molecule is COc1ccc(Nc2ccc3c(n2)CN(Cc2ccccc2F)C(=O)CO3)cc1. The summed E-state index contributed by atoms with van der Waals surface area (Å²) in [6, 6.07) is 17.5. The van der Waals surface area contributed by atoms with Gasteiger partial charge >= 0.3 is 0 Å². The van der Waals surface area contributed by atoms with Crippen molar-refractivity contribution in [3.05, 3.63) is 77.7 Å². The zero-order valence-electron chi connectivity index (χ0n) is 15.9. The molecule has 29 heavy (non-hydrogen) atoms. The minimum Gasteiger partial charge on any atom is -0.497 e. The van der Waals surface area contributed by atoms with Crippen LogP contribution in [-0.4, -0.2) is 29.5 Å². The first-order valence-corrected chi connectivity index (χ1v) is 9.17. The van der Waals surface area contributed by atoms with Crippen LogP contribution in [0.15, 0.2) is 60.7 Å². The van der Waals surface area contributed by atoms with Crippen LogP contribution < -0.4 is 14.8 Å². The number of carbonyl (C=O) groups excluding carboxylic acids is 1. The maximum Gasteiger partial charge on any atom is 0.261 e. The molecule has 0 unspecified atom stereocenters. The summed E-state index contributed by atoms with van der Waals surface area (Å²) in [4.78, 5) is 18.6. The predicted molar refractivity (Wildman–Crippen MR) is 107 cm³/mol. The van der Waals surface area contributed by atoms with E-state index < -0.39 is 0 Å². The van der Waals surface area contributed by atoms with Crippen LogP contribution in [0.1, 0.15) is 11.3 Å². The van der Waals surface area contributed by atoms with E-state index in [-0.39, 0.29) is 31.4 Å². The number of hydrogen-bond acceptors (Lipinski definition) is 5. The number of aromatic nitrogens is 1. The van der Waals surface area contributed by atoms with Crippen molar-refractivity contribution in [3.63, 3.8) is 0 Å². The van der Waals surface area contributed by atoms with Crippen molar-refractivity contribution in [3.8, 4) is 11.5 Å². The molecule has 3 aromatic rings. The van der Waals surface area contributed by atoms with Gasteiger partial charge in [0.05, 0.1) is 13.7 Å². The Bertz CT molecular complexity index is 1020. The van der Waals surface area contributed by atoms with E-state index >= 15 is 0 Å². The molecule has 6 nitrogen and oxygen atoms in total. The number of pyridine rings is 1. The highest BCUT2D eigenvalue weighted by molar-refractivity contribution is 5.78. The number of anilines is 2. The largest absolute Gasteiger partial charge is 0.497 e. The van der Waals surface area contributed by atoms with E-state index in [0.717, 1.165) is 11.4 Å². The number of nitrogens with zero attached hydrogens (tertiary/aromatic N) is 2. The lowest BCUT2D eigenvalue weighted by molar-refractivity contribution is -0.133. The van der Waals surface area contributed by atoms with Gasteiger partial charge in [0.25, 0.3) is 5.91 Å². The number of benzene rings is 2. The fraction of sp³-hybridized carbons (Fsp3) is 0.182. The standard InChI is InChI=1S/C22H20FN3O3/c1-28-17-8-6-16(7-9-17)24-21-11-10-20-19(25-21)13-26(22(27)14-29-20)12-15-4-2-3-5-18(15)23/h2-11H,12-14H2,1H3,(H,24,25). The van der Waals surface area contributed by atoms with E-state index in [2.05, 4.69) is 10.3 Å². The second-order valence-corrected chi connectivity index (χ2v) is 6.62. The molecule has 1 amide bonds. The highest BCUT2D eigenvalue weighted by Crippen LogP contribution is 2.27. The van der Waals surface area contributed by atoms with Crippen LogP contribution in [0, 0.1) is 5.82 Å². The average Bonchev–Trinajstić information content (AvgIpc) is 2.89. The third-order valence-electron chi connectivity index (χ3n) is 4.66. The van der Waals surface area contributed by atoms with Crippen LogP contribution in [-0.2, 0) is 17.9 Å². The zero-order chi connectivity index (χ0) is 20.2. The van der Waals surface area contributed by atoms with E-state index in [9.17, 15) is 9.18 Å². The molecular weight excluding hydrogens is 373 g/mol. The van der Waals surface area contributed by atoms with Gasteiger partial charge in [0.2, 0.25) is 0 Å². The Morgan fingerprint density at radius 2 is 1.93 bits per heavy atom. The lowest BCUT2D eigenvalue weighted by Gasteiger charge is -2.20. The maximum atomic E-state index is 14.0. The van der Waals surface area contributed by atoms with Crippen LogP contribution in [0.2, 0.25) is 0 Å². The van der Waals surface area contributed by atoms with Crippen molar-refractivity contribution < 1.29 is 18.7 Å². The Hall–Kier alpha value is -3.61. The second-order valence-electron chi connectivity index (χ2n) is 6.62. The van der Waals surface area contributed by atoms with Crippen molar-refractivity contribution in [2.45, 2.75) is 13.1 Å². The minimum atomic E-state index is -0.339. The summed E-state index contributed by atoms with van der Waals surface area (Å²) in [5, 5.41) is 3.22. The molecule has 7 heteroatoms. The molecule has 0 saturated carbocycles. The summed E-state index contributed by atoms with van der Waals surface area (Å²) >= 11 is 0. The number of amides is 1. The molecule has 2 heterocycles.